The molecule has 1 heterocycles. The number of rotatable bonds is 6. The predicted octanol–water partition coefficient (Wildman–Crippen LogP) is 1.89. The number of amides is 2. The average molecular weight is 307 g/mol. The van der Waals surface area contributed by atoms with E-state index >= 15 is 0 Å². The molecule has 2 atom stereocenters. The Hall–Kier alpha value is -1.95. The number of fused-ring (bicyclic) bond motifs is 1. The number of halogens is 1. The minimum absolute atomic E-state index is 0.0650. The van der Waals surface area contributed by atoms with Crippen LogP contribution in [-0.4, -0.2) is 24.4 Å². The van der Waals surface area contributed by atoms with E-state index < -0.39 is 11.7 Å². The quantitative estimate of drug-likeness (QED) is 0.750. The van der Waals surface area contributed by atoms with Gasteiger partial charge in [0.05, 0.1) is 5.92 Å². The minimum Gasteiger partial charge on any atom is -0.352 e. The zero-order chi connectivity index (χ0) is 16.1. The summed E-state index contributed by atoms with van der Waals surface area (Å²) in [5, 5.41) is 5.51. The van der Waals surface area contributed by atoms with E-state index in [1.807, 2.05) is 0 Å². The number of benzene rings is 1. The molecule has 0 bridgehead atoms. The first-order valence-corrected chi connectivity index (χ1v) is 7.64. The maximum atomic E-state index is 13.3. The van der Waals surface area contributed by atoms with Crippen molar-refractivity contribution in [1.29, 1.82) is 0 Å². The van der Waals surface area contributed by atoms with Crippen LogP contribution in [0.25, 0.3) is 0 Å². The lowest BCUT2D eigenvalue weighted by Gasteiger charge is -2.27. The van der Waals surface area contributed by atoms with E-state index in [1.54, 1.807) is 6.07 Å². The molecule has 1 aromatic rings. The predicted molar refractivity (Wildman–Crippen MR) is 82.9 cm³/mol. The van der Waals surface area contributed by atoms with E-state index in [0.29, 0.717) is 17.8 Å². The fraction of sp³-hybridized carbons (Fsp3) is 0.500. The highest BCUT2D eigenvalue weighted by Gasteiger charge is 2.31. The largest absolute Gasteiger partial charge is 0.352 e. The molecule has 2 amide bonds. The standard InChI is InChI=1S/C16H22FN3O2/c1-2-3-4-11(9-18)19-16(22)13-8-15(21)20-14-7-10(17)5-6-12(13)14/h5-7,11,13H,2-4,8-9,18H2,1H3,(H,19,22)(H,20,21). The summed E-state index contributed by atoms with van der Waals surface area (Å²) in [7, 11) is 0. The number of nitrogens with one attached hydrogen (secondary N) is 2. The highest BCUT2D eigenvalue weighted by atomic mass is 19.1. The number of nitrogens with two attached hydrogens (primary N) is 1. The van der Waals surface area contributed by atoms with E-state index in [0.717, 1.165) is 19.3 Å². The van der Waals surface area contributed by atoms with Gasteiger partial charge in [-0.1, -0.05) is 25.8 Å². The fourth-order valence-electron chi connectivity index (χ4n) is 2.67. The molecule has 4 N–H and O–H groups in total. The first-order valence-electron chi connectivity index (χ1n) is 7.64. The van der Waals surface area contributed by atoms with Crippen LogP contribution in [0.2, 0.25) is 0 Å². The summed E-state index contributed by atoms with van der Waals surface area (Å²) in [5.74, 6) is -1.55. The van der Waals surface area contributed by atoms with Gasteiger partial charge in [-0.3, -0.25) is 9.59 Å². The summed E-state index contributed by atoms with van der Waals surface area (Å²) in [4.78, 5) is 24.2. The van der Waals surface area contributed by atoms with Gasteiger partial charge in [-0.2, -0.15) is 0 Å². The molecule has 0 aliphatic carbocycles. The Kier molecular flexibility index (Phi) is 5.49. The van der Waals surface area contributed by atoms with Crippen molar-refractivity contribution in [2.45, 2.75) is 44.6 Å². The van der Waals surface area contributed by atoms with Crippen LogP contribution in [-0.2, 0) is 9.59 Å². The molecular weight excluding hydrogens is 285 g/mol. The molecule has 0 saturated carbocycles. The summed E-state index contributed by atoms with van der Waals surface area (Å²) in [6.07, 6.45) is 2.89. The Morgan fingerprint density at radius 1 is 1.55 bits per heavy atom. The summed E-state index contributed by atoms with van der Waals surface area (Å²) in [6.45, 7) is 2.44. The number of carbonyl (C=O) groups excluding carboxylic acids is 2. The molecular formula is C16H22FN3O2. The third-order valence-corrected chi connectivity index (χ3v) is 3.91. The Balaban J connectivity index is 2.14. The number of hydrogen-bond acceptors (Lipinski definition) is 3. The highest BCUT2D eigenvalue weighted by molar-refractivity contribution is 6.01. The second-order valence-electron chi connectivity index (χ2n) is 5.62. The number of anilines is 1. The van der Waals surface area contributed by atoms with Gasteiger partial charge in [0.25, 0.3) is 0 Å². The van der Waals surface area contributed by atoms with Gasteiger partial charge in [-0.15, -0.1) is 0 Å². The van der Waals surface area contributed by atoms with Gasteiger partial charge in [0.15, 0.2) is 0 Å². The van der Waals surface area contributed by atoms with E-state index in [1.165, 1.54) is 12.1 Å². The van der Waals surface area contributed by atoms with Gasteiger partial charge in [-0.05, 0) is 24.1 Å². The third kappa shape index (κ3) is 3.82. The lowest BCUT2D eigenvalue weighted by molar-refractivity contribution is -0.126. The van der Waals surface area contributed by atoms with Crippen molar-refractivity contribution in [3.05, 3.63) is 29.6 Å². The Labute approximate surface area is 129 Å². The monoisotopic (exact) mass is 307 g/mol. The first-order chi connectivity index (χ1) is 10.5. The molecule has 6 heteroatoms. The zero-order valence-electron chi connectivity index (χ0n) is 12.7. The van der Waals surface area contributed by atoms with Gasteiger partial charge < -0.3 is 16.4 Å². The van der Waals surface area contributed by atoms with Crippen LogP contribution in [0.15, 0.2) is 18.2 Å². The smallest absolute Gasteiger partial charge is 0.228 e. The second-order valence-corrected chi connectivity index (χ2v) is 5.62. The Morgan fingerprint density at radius 3 is 3.00 bits per heavy atom. The fourth-order valence-corrected chi connectivity index (χ4v) is 2.67. The van der Waals surface area contributed by atoms with Crippen molar-refractivity contribution in [2.75, 3.05) is 11.9 Å². The summed E-state index contributed by atoms with van der Waals surface area (Å²) in [5.41, 5.74) is 6.70. The van der Waals surface area contributed by atoms with Crippen LogP contribution in [0.1, 0.15) is 44.1 Å². The Morgan fingerprint density at radius 2 is 2.32 bits per heavy atom. The first kappa shape index (κ1) is 16.4. The van der Waals surface area contributed by atoms with E-state index in [-0.39, 0.29) is 24.3 Å². The SMILES string of the molecule is CCCCC(CN)NC(=O)C1CC(=O)Nc2cc(F)ccc21. The van der Waals surface area contributed by atoms with Crippen LogP contribution in [0.3, 0.4) is 0 Å². The maximum absolute atomic E-state index is 13.3. The average Bonchev–Trinajstić information content (AvgIpc) is 2.49. The summed E-state index contributed by atoms with van der Waals surface area (Å²) >= 11 is 0. The molecule has 0 fully saturated rings. The third-order valence-electron chi connectivity index (χ3n) is 3.91. The molecule has 1 aliphatic heterocycles. The lowest BCUT2D eigenvalue weighted by atomic mass is 9.89. The van der Waals surface area contributed by atoms with Gasteiger partial charge >= 0.3 is 0 Å². The molecule has 120 valence electrons. The molecule has 0 saturated heterocycles. The van der Waals surface area contributed by atoms with Crippen LogP contribution in [0.4, 0.5) is 10.1 Å². The lowest BCUT2D eigenvalue weighted by Crippen LogP contribution is -2.44. The molecule has 0 spiro atoms. The normalized spacial score (nSPS) is 18.3. The molecule has 1 aliphatic rings. The molecule has 2 rings (SSSR count). The van der Waals surface area contributed by atoms with Crippen molar-refractivity contribution in [3.8, 4) is 0 Å². The molecule has 2 unspecified atom stereocenters. The maximum Gasteiger partial charge on any atom is 0.228 e. The molecule has 1 aromatic carbocycles. The molecule has 5 nitrogen and oxygen atoms in total. The van der Waals surface area contributed by atoms with Crippen molar-refractivity contribution >= 4 is 17.5 Å². The molecule has 0 radical (unpaired) electrons. The molecule has 22 heavy (non-hydrogen) atoms. The van der Waals surface area contributed by atoms with Gasteiger partial charge in [0.1, 0.15) is 5.82 Å². The number of unbranched alkanes of at least 4 members (excludes halogenated alkanes) is 1. The highest BCUT2D eigenvalue weighted by Crippen LogP contribution is 2.32. The van der Waals surface area contributed by atoms with E-state index in [4.69, 9.17) is 5.73 Å². The summed E-state index contributed by atoms with van der Waals surface area (Å²) < 4.78 is 13.3. The van der Waals surface area contributed by atoms with Crippen LogP contribution in [0, 0.1) is 5.82 Å². The van der Waals surface area contributed by atoms with Crippen LogP contribution in [0.5, 0.6) is 0 Å². The van der Waals surface area contributed by atoms with Crippen molar-refractivity contribution < 1.29 is 14.0 Å². The van der Waals surface area contributed by atoms with Crippen LogP contribution < -0.4 is 16.4 Å². The van der Waals surface area contributed by atoms with Crippen molar-refractivity contribution in [3.63, 3.8) is 0 Å². The van der Waals surface area contributed by atoms with Crippen molar-refractivity contribution in [2.24, 2.45) is 5.73 Å². The molecule has 0 aromatic heterocycles. The van der Waals surface area contributed by atoms with Gasteiger partial charge in [-0.25, -0.2) is 4.39 Å². The van der Waals surface area contributed by atoms with Crippen LogP contribution >= 0.6 is 0 Å². The summed E-state index contributed by atoms with van der Waals surface area (Å²) in [6, 6.07) is 4.00. The Bertz CT molecular complexity index is 562. The van der Waals surface area contributed by atoms with Crippen molar-refractivity contribution in [1.82, 2.24) is 5.32 Å². The topological polar surface area (TPSA) is 84.2 Å². The number of hydrogen-bond donors (Lipinski definition) is 3. The van der Waals surface area contributed by atoms with Gasteiger partial charge in [0, 0.05) is 24.7 Å². The minimum atomic E-state index is -0.597. The second kappa shape index (κ2) is 7.35. The number of carbonyl (C=O) groups is 2. The van der Waals surface area contributed by atoms with Gasteiger partial charge in [0.2, 0.25) is 11.8 Å². The van der Waals surface area contributed by atoms with E-state index in [2.05, 4.69) is 17.6 Å². The zero-order valence-corrected chi connectivity index (χ0v) is 12.7. The van der Waals surface area contributed by atoms with E-state index in [9.17, 15) is 14.0 Å².